The van der Waals surface area contributed by atoms with Crippen molar-refractivity contribution in [1.82, 2.24) is 10.2 Å². The molecule has 0 aromatic carbocycles. The molecule has 2 rings (SSSR count). The highest BCUT2D eigenvalue weighted by Crippen LogP contribution is 2.20. The Morgan fingerprint density at radius 2 is 2.05 bits per heavy atom. The average Bonchev–Trinajstić information content (AvgIpc) is 3.01. The maximum atomic E-state index is 5.94. The number of rotatable bonds is 8. The lowest BCUT2D eigenvalue weighted by atomic mass is 9.98. The van der Waals surface area contributed by atoms with Gasteiger partial charge in [-0.15, -0.1) is 0 Å². The molecule has 1 saturated heterocycles. The second kappa shape index (κ2) is 10.1. The van der Waals surface area contributed by atoms with Gasteiger partial charge in [-0.1, -0.05) is 26.2 Å². The summed E-state index contributed by atoms with van der Waals surface area (Å²) in [5.41, 5.74) is 5.94. The molecule has 0 bridgehead atoms. The molecule has 1 aliphatic heterocycles. The fraction of sp³-hybridized carbons (Fsp3) is 0.941. The van der Waals surface area contributed by atoms with Gasteiger partial charge in [0, 0.05) is 19.2 Å². The predicted octanol–water partition coefficient (Wildman–Crippen LogP) is 2.11. The van der Waals surface area contributed by atoms with Crippen LogP contribution in [0, 0.1) is 0 Å². The van der Waals surface area contributed by atoms with Gasteiger partial charge in [-0.3, -0.25) is 9.89 Å². The molecule has 3 N–H and O–H groups in total. The third-order valence-corrected chi connectivity index (χ3v) is 4.91. The molecule has 5 nitrogen and oxygen atoms in total. The molecule has 1 unspecified atom stereocenters. The van der Waals surface area contributed by atoms with Crippen LogP contribution in [-0.2, 0) is 4.74 Å². The molecule has 0 aromatic rings. The van der Waals surface area contributed by atoms with E-state index >= 15 is 0 Å². The van der Waals surface area contributed by atoms with Gasteiger partial charge < -0.3 is 15.8 Å². The van der Waals surface area contributed by atoms with E-state index in [1.165, 1.54) is 51.5 Å². The van der Waals surface area contributed by atoms with E-state index in [0.717, 1.165) is 32.7 Å². The van der Waals surface area contributed by atoms with Crippen LogP contribution in [0.4, 0.5) is 0 Å². The minimum absolute atomic E-state index is 0.502. The lowest BCUT2D eigenvalue weighted by Gasteiger charge is -2.22. The van der Waals surface area contributed by atoms with Crippen LogP contribution in [0.1, 0.15) is 58.3 Å². The van der Waals surface area contributed by atoms with Crippen molar-refractivity contribution in [3.8, 4) is 0 Å². The molecule has 0 spiro atoms. The maximum Gasteiger partial charge on any atom is 0.188 e. The second-order valence-corrected chi connectivity index (χ2v) is 6.56. The van der Waals surface area contributed by atoms with Gasteiger partial charge >= 0.3 is 0 Å². The molecule has 2 fully saturated rings. The van der Waals surface area contributed by atoms with Crippen LogP contribution >= 0.6 is 0 Å². The first-order valence-corrected chi connectivity index (χ1v) is 9.19. The van der Waals surface area contributed by atoms with Crippen molar-refractivity contribution in [3.05, 3.63) is 0 Å². The number of hydrogen-bond donors (Lipinski definition) is 2. The number of likely N-dealkylation sites (tertiary alicyclic amines) is 1. The number of nitrogens with one attached hydrogen (secondary N) is 1. The summed E-state index contributed by atoms with van der Waals surface area (Å²) in [7, 11) is 0. The Bertz CT molecular complexity index is 329. The Kier molecular flexibility index (Phi) is 8.02. The molecular formula is C17H34N4O. The number of likely N-dealkylation sites (N-methyl/N-ethyl adjacent to an activating group) is 1. The van der Waals surface area contributed by atoms with Gasteiger partial charge in [-0.05, 0) is 45.2 Å². The zero-order valence-corrected chi connectivity index (χ0v) is 14.2. The second-order valence-electron chi connectivity index (χ2n) is 6.56. The van der Waals surface area contributed by atoms with Crippen LogP contribution in [-0.4, -0.2) is 55.8 Å². The maximum absolute atomic E-state index is 5.94. The number of nitrogens with zero attached hydrogens (tertiary/aromatic N) is 2. The standard InChI is InChI=1S/C17H34N4O/c1-2-21-12-6-8-15(21)14-20-17(18)19-11-7-13-22-16-9-4-3-5-10-16/h15-16H,2-14H2,1H3,(H3,18,19,20). The average molecular weight is 310 g/mol. The Labute approximate surface area is 135 Å². The predicted molar refractivity (Wildman–Crippen MR) is 92.2 cm³/mol. The Balaban J connectivity index is 1.51. The van der Waals surface area contributed by atoms with Crippen LogP contribution < -0.4 is 11.1 Å². The number of hydrogen-bond acceptors (Lipinski definition) is 3. The Morgan fingerprint density at radius 3 is 2.82 bits per heavy atom. The zero-order chi connectivity index (χ0) is 15.6. The Morgan fingerprint density at radius 1 is 1.23 bits per heavy atom. The molecule has 2 aliphatic rings. The van der Waals surface area contributed by atoms with Crippen molar-refractivity contribution in [1.29, 1.82) is 0 Å². The van der Waals surface area contributed by atoms with Gasteiger partial charge in [0.1, 0.15) is 0 Å². The van der Waals surface area contributed by atoms with Gasteiger partial charge in [-0.25, -0.2) is 0 Å². The minimum Gasteiger partial charge on any atom is -0.378 e. The minimum atomic E-state index is 0.502. The zero-order valence-electron chi connectivity index (χ0n) is 14.2. The molecule has 0 aromatic heterocycles. The highest BCUT2D eigenvalue weighted by Gasteiger charge is 2.22. The third kappa shape index (κ3) is 6.13. The van der Waals surface area contributed by atoms with Crippen molar-refractivity contribution in [3.63, 3.8) is 0 Å². The lowest BCUT2D eigenvalue weighted by molar-refractivity contribution is 0.0277. The van der Waals surface area contributed by atoms with Crippen molar-refractivity contribution in [2.45, 2.75) is 70.4 Å². The first-order valence-electron chi connectivity index (χ1n) is 9.19. The molecule has 5 heteroatoms. The van der Waals surface area contributed by atoms with Crippen LogP contribution in [0.3, 0.4) is 0 Å². The van der Waals surface area contributed by atoms with Gasteiger partial charge in [0.25, 0.3) is 0 Å². The number of aliphatic imine (C=N–C) groups is 1. The van der Waals surface area contributed by atoms with Crippen LogP contribution in [0.5, 0.6) is 0 Å². The summed E-state index contributed by atoms with van der Waals surface area (Å²) in [6, 6.07) is 0.583. The van der Waals surface area contributed by atoms with E-state index in [0.29, 0.717) is 18.1 Å². The van der Waals surface area contributed by atoms with Crippen molar-refractivity contribution in [2.75, 3.05) is 32.8 Å². The van der Waals surface area contributed by atoms with E-state index in [1.807, 2.05) is 0 Å². The summed E-state index contributed by atoms with van der Waals surface area (Å²) in [5.74, 6) is 0.584. The van der Waals surface area contributed by atoms with E-state index in [1.54, 1.807) is 0 Å². The van der Waals surface area contributed by atoms with Crippen molar-refractivity contribution in [2.24, 2.45) is 10.7 Å². The third-order valence-electron chi connectivity index (χ3n) is 4.91. The van der Waals surface area contributed by atoms with Gasteiger partial charge in [0.15, 0.2) is 5.96 Å². The van der Waals surface area contributed by atoms with Gasteiger partial charge in [-0.2, -0.15) is 0 Å². The summed E-state index contributed by atoms with van der Waals surface area (Å²) in [5, 5.41) is 3.21. The summed E-state index contributed by atoms with van der Waals surface area (Å²) in [6.07, 6.45) is 10.6. The van der Waals surface area contributed by atoms with Crippen molar-refractivity contribution < 1.29 is 4.74 Å². The smallest absolute Gasteiger partial charge is 0.188 e. The fourth-order valence-corrected chi connectivity index (χ4v) is 3.55. The highest BCUT2D eigenvalue weighted by atomic mass is 16.5. The fourth-order valence-electron chi connectivity index (χ4n) is 3.55. The van der Waals surface area contributed by atoms with E-state index in [2.05, 4.69) is 22.1 Å². The SMILES string of the molecule is CCN1CCCC1CN=C(N)NCCCOC1CCCCC1. The molecule has 0 amide bonds. The quantitative estimate of drug-likeness (QED) is 0.409. The summed E-state index contributed by atoms with van der Waals surface area (Å²) in [6.45, 7) is 7.05. The van der Waals surface area contributed by atoms with Gasteiger partial charge in [0.2, 0.25) is 0 Å². The van der Waals surface area contributed by atoms with Crippen LogP contribution in [0.2, 0.25) is 0 Å². The topological polar surface area (TPSA) is 62.9 Å². The molecule has 1 atom stereocenters. The first-order chi connectivity index (χ1) is 10.8. The molecule has 22 heavy (non-hydrogen) atoms. The van der Waals surface area contributed by atoms with Gasteiger partial charge in [0.05, 0.1) is 12.6 Å². The van der Waals surface area contributed by atoms with Crippen LogP contribution in [0.15, 0.2) is 4.99 Å². The Hall–Kier alpha value is -0.810. The number of ether oxygens (including phenoxy) is 1. The summed E-state index contributed by atoms with van der Waals surface area (Å²) >= 11 is 0. The summed E-state index contributed by atoms with van der Waals surface area (Å²) < 4.78 is 5.91. The lowest BCUT2D eigenvalue weighted by Crippen LogP contribution is -2.36. The van der Waals surface area contributed by atoms with E-state index < -0.39 is 0 Å². The molecule has 1 aliphatic carbocycles. The monoisotopic (exact) mass is 310 g/mol. The summed E-state index contributed by atoms with van der Waals surface area (Å²) in [4.78, 5) is 6.99. The van der Waals surface area contributed by atoms with E-state index in [4.69, 9.17) is 10.5 Å². The largest absolute Gasteiger partial charge is 0.378 e. The number of nitrogens with two attached hydrogens (primary N) is 1. The molecule has 1 saturated carbocycles. The van der Waals surface area contributed by atoms with E-state index in [9.17, 15) is 0 Å². The molecule has 0 radical (unpaired) electrons. The van der Waals surface area contributed by atoms with Crippen molar-refractivity contribution >= 4 is 5.96 Å². The molecule has 128 valence electrons. The van der Waals surface area contributed by atoms with Crippen LogP contribution in [0.25, 0.3) is 0 Å². The first kappa shape index (κ1) is 17.5. The highest BCUT2D eigenvalue weighted by molar-refractivity contribution is 5.77. The number of guanidine groups is 1. The molecular weight excluding hydrogens is 276 g/mol. The van der Waals surface area contributed by atoms with E-state index in [-0.39, 0.29) is 0 Å². The molecule has 1 heterocycles. The normalized spacial score (nSPS) is 24.8.